The molecular formula is C9H15N3. The molecule has 0 fully saturated rings. The van der Waals surface area contributed by atoms with E-state index in [0.717, 1.165) is 17.9 Å². The zero-order valence-corrected chi connectivity index (χ0v) is 7.67. The quantitative estimate of drug-likeness (QED) is 0.693. The molecule has 1 rings (SSSR count). The van der Waals surface area contributed by atoms with Crippen LogP contribution in [0.15, 0.2) is 12.5 Å². The molecule has 0 aliphatic rings. The number of aromatic nitrogens is 2. The van der Waals surface area contributed by atoms with Gasteiger partial charge in [-0.1, -0.05) is 13.3 Å². The van der Waals surface area contributed by atoms with E-state index in [9.17, 15) is 0 Å². The van der Waals surface area contributed by atoms with E-state index in [-0.39, 0.29) is 0 Å². The molecular weight excluding hydrogens is 150 g/mol. The molecule has 66 valence electrons. The molecule has 1 N–H and O–H groups in total. The molecule has 0 aromatic carbocycles. The summed E-state index contributed by atoms with van der Waals surface area (Å²) in [5.41, 5.74) is 1.11. The van der Waals surface area contributed by atoms with E-state index in [1.54, 1.807) is 6.33 Å². The van der Waals surface area contributed by atoms with Crippen LogP contribution >= 0.6 is 0 Å². The van der Waals surface area contributed by atoms with Crippen molar-refractivity contribution in [1.82, 2.24) is 9.97 Å². The molecule has 12 heavy (non-hydrogen) atoms. The molecule has 0 saturated heterocycles. The van der Waals surface area contributed by atoms with Gasteiger partial charge in [0.05, 0.1) is 0 Å². The second kappa shape index (κ2) is 4.70. The van der Waals surface area contributed by atoms with Crippen molar-refractivity contribution in [2.45, 2.75) is 26.7 Å². The Balaban J connectivity index is 2.46. The fraction of sp³-hybridized carbons (Fsp3) is 0.556. The zero-order chi connectivity index (χ0) is 8.81. The van der Waals surface area contributed by atoms with Gasteiger partial charge in [-0.15, -0.1) is 0 Å². The lowest BCUT2D eigenvalue weighted by Crippen LogP contribution is -2.04. The highest BCUT2D eigenvalue weighted by Gasteiger charge is 1.95. The van der Waals surface area contributed by atoms with E-state index in [0.29, 0.717) is 0 Å². The van der Waals surface area contributed by atoms with E-state index in [1.807, 2.05) is 13.1 Å². The SMILES string of the molecule is CCCCNc1ncncc1C. The molecule has 0 bridgehead atoms. The molecule has 0 aliphatic carbocycles. The van der Waals surface area contributed by atoms with Crippen molar-refractivity contribution in [3.63, 3.8) is 0 Å². The number of anilines is 1. The minimum atomic E-state index is 0.957. The number of nitrogens with one attached hydrogen (secondary N) is 1. The Kier molecular flexibility index (Phi) is 3.51. The van der Waals surface area contributed by atoms with Crippen molar-refractivity contribution in [2.75, 3.05) is 11.9 Å². The molecule has 0 atom stereocenters. The maximum Gasteiger partial charge on any atom is 0.132 e. The highest BCUT2D eigenvalue weighted by Crippen LogP contribution is 2.07. The molecule has 0 spiro atoms. The molecule has 0 amide bonds. The number of nitrogens with zero attached hydrogens (tertiary/aromatic N) is 2. The van der Waals surface area contributed by atoms with Gasteiger partial charge in [-0.3, -0.25) is 0 Å². The van der Waals surface area contributed by atoms with Crippen molar-refractivity contribution >= 4 is 5.82 Å². The molecule has 3 heteroatoms. The number of hydrogen-bond acceptors (Lipinski definition) is 3. The van der Waals surface area contributed by atoms with Crippen LogP contribution in [-0.4, -0.2) is 16.5 Å². The summed E-state index contributed by atoms with van der Waals surface area (Å²) in [5.74, 6) is 0.957. The fourth-order valence-corrected chi connectivity index (χ4v) is 0.968. The van der Waals surface area contributed by atoms with Gasteiger partial charge >= 0.3 is 0 Å². The topological polar surface area (TPSA) is 37.8 Å². The summed E-state index contributed by atoms with van der Waals surface area (Å²) in [6.45, 7) is 5.18. The van der Waals surface area contributed by atoms with Crippen LogP contribution in [0, 0.1) is 6.92 Å². The molecule has 1 aromatic heterocycles. The van der Waals surface area contributed by atoms with E-state index in [2.05, 4.69) is 22.2 Å². The maximum absolute atomic E-state index is 4.13. The van der Waals surface area contributed by atoms with Crippen LogP contribution in [0.4, 0.5) is 5.82 Å². The number of hydrogen-bond donors (Lipinski definition) is 1. The van der Waals surface area contributed by atoms with Gasteiger partial charge in [0.1, 0.15) is 12.1 Å². The molecule has 3 nitrogen and oxygen atoms in total. The van der Waals surface area contributed by atoms with Gasteiger partial charge in [-0.2, -0.15) is 0 Å². The van der Waals surface area contributed by atoms with Gasteiger partial charge in [0.2, 0.25) is 0 Å². The van der Waals surface area contributed by atoms with Crippen LogP contribution in [0.25, 0.3) is 0 Å². The molecule has 0 radical (unpaired) electrons. The van der Waals surface area contributed by atoms with Gasteiger partial charge in [0, 0.05) is 18.3 Å². The molecule has 1 aromatic rings. The van der Waals surface area contributed by atoms with Gasteiger partial charge in [-0.25, -0.2) is 9.97 Å². The van der Waals surface area contributed by atoms with Crippen molar-refractivity contribution in [3.8, 4) is 0 Å². The van der Waals surface area contributed by atoms with Crippen LogP contribution in [0.3, 0.4) is 0 Å². The predicted octanol–water partition coefficient (Wildman–Crippen LogP) is 2.00. The average Bonchev–Trinajstić information content (AvgIpc) is 2.09. The van der Waals surface area contributed by atoms with Gasteiger partial charge < -0.3 is 5.32 Å². The predicted molar refractivity (Wildman–Crippen MR) is 50.2 cm³/mol. The summed E-state index contributed by atoms with van der Waals surface area (Å²) >= 11 is 0. The minimum absolute atomic E-state index is 0.957. The Morgan fingerprint density at radius 1 is 1.50 bits per heavy atom. The standard InChI is InChI=1S/C9H15N3/c1-3-4-5-11-9-8(2)6-10-7-12-9/h6-7H,3-5H2,1-2H3,(H,10,11,12). The summed E-state index contributed by atoms with van der Waals surface area (Å²) in [6.07, 6.45) is 5.78. The van der Waals surface area contributed by atoms with Crippen molar-refractivity contribution < 1.29 is 0 Å². The van der Waals surface area contributed by atoms with Crippen LogP contribution in [-0.2, 0) is 0 Å². The van der Waals surface area contributed by atoms with E-state index >= 15 is 0 Å². The van der Waals surface area contributed by atoms with Gasteiger partial charge in [0.15, 0.2) is 0 Å². The smallest absolute Gasteiger partial charge is 0.132 e. The normalized spacial score (nSPS) is 9.83. The number of rotatable bonds is 4. The summed E-state index contributed by atoms with van der Waals surface area (Å²) < 4.78 is 0. The first-order valence-corrected chi connectivity index (χ1v) is 4.35. The second-order valence-electron chi connectivity index (χ2n) is 2.83. The zero-order valence-electron chi connectivity index (χ0n) is 7.67. The van der Waals surface area contributed by atoms with Crippen LogP contribution in [0.1, 0.15) is 25.3 Å². The summed E-state index contributed by atoms with van der Waals surface area (Å²) in [7, 11) is 0. The third-order valence-electron chi connectivity index (χ3n) is 1.72. The van der Waals surface area contributed by atoms with Gasteiger partial charge in [0.25, 0.3) is 0 Å². The number of aryl methyl sites for hydroxylation is 1. The van der Waals surface area contributed by atoms with Crippen molar-refractivity contribution in [3.05, 3.63) is 18.1 Å². The van der Waals surface area contributed by atoms with E-state index in [1.165, 1.54) is 12.8 Å². The summed E-state index contributed by atoms with van der Waals surface area (Å²) in [6, 6.07) is 0. The lowest BCUT2D eigenvalue weighted by Gasteiger charge is -2.05. The highest BCUT2D eigenvalue weighted by atomic mass is 15.0. The monoisotopic (exact) mass is 165 g/mol. The van der Waals surface area contributed by atoms with Crippen LogP contribution < -0.4 is 5.32 Å². The molecule has 1 heterocycles. The lowest BCUT2D eigenvalue weighted by molar-refractivity contribution is 0.829. The Hall–Kier alpha value is -1.12. The van der Waals surface area contributed by atoms with Crippen molar-refractivity contribution in [2.24, 2.45) is 0 Å². The maximum atomic E-state index is 4.13. The third-order valence-corrected chi connectivity index (χ3v) is 1.72. The lowest BCUT2D eigenvalue weighted by atomic mass is 10.3. The van der Waals surface area contributed by atoms with E-state index < -0.39 is 0 Å². The second-order valence-corrected chi connectivity index (χ2v) is 2.83. The Bertz CT molecular complexity index is 235. The summed E-state index contributed by atoms with van der Waals surface area (Å²) in [4.78, 5) is 8.05. The molecule has 0 aliphatic heterocycles. The van der Waals surface area contributed by atoms with Crippen LogP contribution in [0.2, 0.25) is 0 Å². The summed E-state index contributed by atoms with van der Waals surface area (Å²) in [5, 5.41) is 3.26. The first-order valence-electron chi connectivity index (χ1n) is 4.35. The van der Waals surface area contributed by atoms with Gasteiger partial charge in [-0.05, 0) is 13.3 Å². The highest BCUT2D eigenvalue weighted by molar-refractivity contribution is 5.40. The average molecular weight is 165 g/mol. The van der Waals surface area contributed by atoms with E-state index in [4.69, 9.17) is 0 Å². The first-order chi connectivity index (χ1) is 5.84. The fourth-order valence-electron chi connectivity index (χ4n) is 0.968. The minimum Gasteiger partial charge on any atom is -0.370 e. The Morgan fingerprint density at radius 2 is 2.33 bits per heavy atom. The largest absolute Gasteiger partial charge is 0.370 e. The Labute approximate surface area is 73.2 Å². The first kappa shape index (κ1) is 8.97. The molecule has 0 unspecified atom stereocenters. The van der Waals surface area contributed by atoms with Crippen LogP contribution in [0.5, 0.6) is 0 Å². The number of unbranched alkanes of at least 4 members (excludes halogenated alkanes) is 1. The van der Waals surface area contributed by atoms with Crippen molar-refractivity contribution in [1.29, 1.82) is 0 Å². The third kappa shape index (κ3) is 2.49. The Morgan fingerprint density at radius 3 is 3.00 bits per heavy atom. The molecule has 0 saturated carbocycles.